The number of nitrogens with zero attached hydrogens (tertiary/aromatic N) is 1. The van der Waals surface area contributed by atoms with E-state index in [1.165, 1.54) is 0 Å². The van der Waals surface area contributed by atoms with Gasteiger partial charge in [-0.1, -0.05) is 13.8 Å². The molecule has 1 saturated heterocycles. The molecule has 0 aromatic carbocycles. The molecular formula is C10H17NO2. The van der Waals surface area contributed by atoms with Crippen molar-refractivity contribution in [1.82, 2.24) is 4.90 Å². The van der Waals surface area contributed by atoms with Crippen molar-refractivity contribution in [1.29, 1.82) is 0 Å². The molecule has 1 unspecified atom stereocenters. The lowest BCUT2D eigenvalue weighted by atomic mass is 9.98. The van der Waals surface area contributed by atoms with E-state index in [9.17, 15) is 9.59 Å². The van der Waals surface area contributed by atoms with Gasteiger partial charge in [-0.05, 0) is 6.42 Å². The summed E-state index contributed by atoms with van der Waals surface area (Å²) in [7, 11) is 0. The highest BCUT2D eigenvalue weighted by Gasteiger charge is 2.25. The van der Waals surface area contributed by atoms with E-state index < -0.39 is 0 Å². The molecule has 1 aliphatic rings. The highest BCUT2D eigenvalue weighted by atomic mass is 16.2. The number of carbonyl (C=O) groups excluding carboxylic acids is 2. The molecule has 1 rings (SSSR count). The number of amides is 1. The fraction of sp³-hybridized carbons (Fsp3) is 0.800. The molecule has 1 atom stereocenters. The lowest BCUT2D eigenvalue weighted by molar-refractivity contribution is -0.136. The Hall–Kier alpha value is -0.860. The van der Waals surface area contributed by atoms with Crippen molar-refractivity contribution in [3.8, 4) is 0 Å². The monoisotopic (exact) mass is 183 g/mol. The van der Waals surface area contributed by atoms with Crippen molar-refractivity contribution in [3.05, 3.63) is 0 Å². The van der Waals surface area contributed by atoms with Crippen molar-refractivity contribution in [3.63, 3.8) is 0 Å². The van der Waals surface area contributed by atoms with Gasteiger partial charge in [0.25, 0.3) is 0 Å². The van der Waals surface area contributed by atoms with Gasteiger partial charge in [0.05, 0.1) is 0 Å². The number of hydrogen-bond acceptors (Lipinski definition) is 2. The third kappa shape index (κ3) is 2.54. The Balaban J connectivity index is 2.45. The lowest BCUT2D eigenvalue weighted by Crippen LogP contribution is -2.42. The van der Waals surface area contributed by atoms with Gasteiger partial charge in [0.1, 0.15) is 5.78 Å². The zero-order valence-corrected chi connectivity index (χ0v) is 8.38. The van der Waals surface area contributed by atoms with Crippen LogP contribution in [0.25, 0.3) is 0 Å². The smallest absolute Gasteiger partial charge is 0.222 e. The Labute approximate surface area is 79.1 Å². The molecule has 0 aromatic heterocycles. The van der Waals surface area contributed by atoms with Crippen molar-refractivity contribution in [2.45, 2.75) is 33.1 Å². The summed E-state index contributed by atoms with van der Waals surface area (Å²) in [6.07, 6.45) is 2.04. The second-order valence-corrected chi connectivity index (χ2v) is 3.71. The molecule has 3 heteroatoms. The van der Waals surface area contributed by atoms with Crippen molar-refractivity contribution < 1.29 is 9.59 Å². The Morgan fingerprint density at radius 1 is 1.62 bits per heavy atom. The Kier molecular flexibility index (Phi) is 3.46. The summed E-state index contributed by atoms with van der Waals surface area (Å²) >= 11 is 0. The van der Waals surface area contributed by atoms with Crippen LogP contribution in [0.2, 0.25) is 0 Å². The average molecular weight is 183 g/mol. The third-order valence-corrected chi connectivity index (χ3v) is 2.49. The molecule has 1 aliphatic heterocycles. The summed E-state index contributed by atoms with van der Waals surface area (Å²) in [5.41, 5.74) is 0. The molecule has 3 nitrogen and oxygen atoms in total. The molecule has 0 N–H and O–H groups in total. The number of Topliss-reactive ketones (excluding diaryl/α,β-unsaturated/α-hetero) is 1. The highest BCUT2D eigenvalue weighted by molar-refractivity contribution is 5.85. The second kappa shape index (κ2) is 4.40. The number of ketones is 1. The Morgan fingerprint density at radius 2 is 2.31 bits per heavy atom. The largest absolute Gasteiger partial charge is 0.342 e. The SMILES string of the molecule is CCCC(=O)N1CCC(=O)C(C)C1. The maximum Gasteiger partial charge on any atom is 0.222 e. The summed E-state index contributed by atoms with van der Waals surface area (Å²) in [6, 6.07) is 0. The van der Waals surface area contributed by atoms with Crippen LogP contribution >= 0.6 is 0 Å². The van der Waals surface area contributed by atoms with Gasteiger partial charge in [-0.25, -0.2) is 0 Å². The minimum absolute atomic E-state index is 0.0366. The quantitative estimate of drug-likeness (QED) is 0.645. The van der Waals surface area contributed by atoms with Crippen LogP contribution in [0.15, 0.2) is 0 Å². The topological polar surface area (TPSA) is 37.4 Å². The summed E-state index contributed by atoms with van der Waals surface area (Å²) < 4.78 is 0. The summed E-state index contributed by atoms with van der Waals surface area (Å²) in [5, 5.41) is 0. The first-order chi connectivity index (χ1) is 6.15. The van der Waals surface area contributed by atoms with Crippen LogP contribution in [0.1, 0.15) is 33.1 Å². The first kappa shape index (κ1) is 10.2. The summed E-state index contributed by atoms with van der Waals surface area (Å²) in [4.78, 5) is 24.5. The van der Waals surface area contributed by atoms with Gasteiger partial charge in [0.15, 0.2) is 0 Å². The second-order valence-electron chi connectivity index (χ2n) is 3.71. The molecule has 0 radical (unpaired) electrons. The molecule has 74 valence electrons. The molecule has 0 aromatic rings. The maximum absolute atomic E-state index is 11.5. The minimum Gasteiger partial charge on any atom is -0.342 e. The van der Waals surface area contributed by atoms with Gasteiger partial charge in [-0.15, -0.1) is 0 Å². The molecule has 1 amide bonds. The van der Waals surface area contributed by atoms with Crippen LogP contribution in [-0.2, 0) is 9.59 Å². The Bertz CT molecular complexity index is 213. The van der Waals surface area contributed by atoms with Crippen LogP contribution in [0, 0.1) is 5.92 Å². The number of likely N-dealkylation sites (tertiary alicyclic amines) is 1. The van der Waals surface area contributed by atoms with Gasteiger partial charge < -0.3 is 4.90 Å². The number of rotatable bonds is 2. The summed E-state index contributed by atoms with van der Waals surface area (Å²) in [5.74, 6) is 0.525. The van der Waals surface area contributed by atoms with Crippen LogP contribution in [0.4, 0.5) is 0 Å². The molecule has 0 bridgehead atoms. The van der Waals surface area contributed by atoms with Gasteiger partial charge in [0, 0.05) is 31.8 Å². The fourth-order valence-corrected chi connectivity index (χ4v) is 1.61. The van der Waals surface area contributed by atoms with E-state index in [0.29, 0.717) is 31.7 Å². The first-order valence-electron chi connectivity index (χ1n) is 4.95. The zero-order chi connectivity index (χ0) is 9.84. The van der Waals surface area contributed by atoms with E-state index >= 15 is 0 Å². The van der Waals surface area contributed by atoms with Gasteiger partial charge in [-0.2, -0.15) is 0 Å². The standard InChI is InChI=1S/C10H17NO2/c1-3-4-10(13)11-6-5-9(12)8(2)7-11/h8H,3-7H2,1-2H3. The zero-order valence-electron chi connectivity index (χ0n) is 8.38. The van der Waals surface area contributed by atoms with Crippen molar-refractivity contribution in [2.24, 2.45) is 5.92 Å². The van der Waals surface area contributed by atoms with Gasteiger partial charge in [0.2, 0.25) is 5.91 Å². The maximum atomic E-state index is 11.5. The van der Waals surface area contributed by atoms with Crippen LogP contribution in [0.5, 0.6) is 0 Å². The van der Waals surface area contributed by atoms with Crippen LogP contribution < -0.4 is 0 Å². The number of piperidine rings is 1. The van der Waals surface area contributed by atoms with Crippen molar-refractivity contribution >= 4 is 11.7 Å². The normalized spacial score (nSPS) is 23.4. The van der Waals surface area contributed by atoms with E-state index in [1.54, 1.807) is 0 Å². The van der Waals surface area contributed by atoms with E-state index in [4.69, 9.17) is 0 Å². The molecule has 13 heavy (non-hydrogen) atoms. The molecule has 0 aliphatic carbocycles. The lowest BCUT2D eigenvalue weighted by Gasteiger charge is -2.30. The van der Waals surface area contributed by atoms with E-state index in [-0.39, 0.29) is 11.8 Å². The average Bonchev–Trinajstić information content (AvgIpc) is 2.10. The first-order valence-corrected chi connectivity index (χ1v) is 4.95. The van der Waals surface area contributed by atoms with Crippen molar-refractivity contribution in [2.75, 3.05) is 13.1 Å². The minimum atomic E-state index is 0.0366. The molecule has 0 spiro atoms. The van der Waals surface area contributed by atoms with E-state index in [1.807, 2.05) is 18.7 Å². The molecular weight excluding hydrogens is 166 g/mol. The Morgan fingerprint density at radius 3 is 2.85 bits per heavy atom. The predicted molar refractivity (Wildman–Crippen MR) is 50.3 cm³/mol. The molecule has 1 fully saturated rings. The number of hydrogen-bond donors (Lipinski definition) is 0. The molecule has 1 heterocycles. The third-order valence-electron chi connectivity index (χ3n) is 2.49. The summed E-state index contributed by atoms with van der Waals surface area (Å²) in [6.45, 7) is 5.14. The van der Waals surface area contributed by atoms with Gasteiger partial charge >= 0.3 is 0 Å². The van der Waals surface area contributed by atoms with Crippen LogP contribution in [-0.4, -0.2) is 29.7 Å². The highest BCUT2D eigenvalue weighted by Crippen LogP contribution is 2.13. The predicted octanol–water partition coefficient (Wildman–Crippen LogP) is 1.22. The van der Waals surface area contributed by atoms with E-state index in [0.717, 1.165) is 6.42 Å². The fourth-order valence-electron chi connectivity index (χ4n) is 1.61. The molecule has 0 saturated carbocycles. The number of carbonyl (C=O) groups is 2. The van der Waals surface area contributed by atoms with Gasteiger partial charge in [-0.3, -0.25) is 9.59 Å². The van der Waals surface area contributed by atoms with Crippen LogP contribution in [0.3, 0.4) is 0 Å². The van der Waals surface area contributed by atoms with E-state index in [2.05, 4.69) is 0 Å².